The summed E-state index contributed by atoms with van der Waals surface area (Å²) in [5, 5.41) is 0. The summed E-state index contributed by atoms with van der Waals surface area (Å²) < 4.78 is 7.35. The molecule has 0 fully saturated rings. The number of aromatic nitrogens is 2. The number of ether oxygens (including phenoxy) is 1. The SMILES string of the molecule is CCC(N)c1ccn(Cc2cccnc2OC)c1. The molecular weight excluding hydrogens is 226 g/mol. The highest BCUT2D eigenvalue weighted by molar-refractivity contribution is 5.26. The van der Waals surface area contributed by atoms with Gasteiger partial charge in [-0.25, -0.2) is 4.98 Å². The molecule has 0 bridgehead atoms. The van der Waals surface area contributed by atoms with Crippen molar-refractivity contribution < 1.29 is 4.74 Å². The van der Waals surface area contributed by atoms with E-state index in [-0.39, 0.29) is 6.04 Å². The zero-order valence-corrected chi connectivity index (χ0v) is 10.8. The molecular formula is C14H19N3O. The van der Waals surface area contributed by atoms with E-state index in [1.54, 1.807) is 13.3 Å². The maximum Gasteiger partial charge on any atom is 0.218 e. The highest BCUT2D eigenvalue weighted by Crippen LogP contribution is 2.18. The third-order valence-electron chi connectivity index (χ3n) is 3.04. The van der Waals surface area contributed by atoms with Crippen molar-refractivity contribution in [3.63, 3.8) is 0 Å². The molecule has 0 amide bonds. The number of hydrogen-bond donors (Lipinski definition) is 1. The summed E-state index contributed by atoms with van der Waals surface area (Å²) in [4.78, 5) is 4.19. The van der Waals surface area contributed by atoms with Crippen molar-refractivity contribution >= 4 is 0 Å². The Balaban J connectivity index is 2.16. The largest absolute Gasteiger partial charge is 0.481 e. The molecule has 2 rings (SSSR count). The molecule has 0 aromatic carbocycles. The fourth-order valence-electron chi connectivity index (χ4n) is 1.94. The molecule has 96 valence electrons. The number of methoxy groups -OCH3 is 1. The van der Waals surface area contributed by atoms with E-state index in [2.05, 4.69) is 28.7 Å². The normalized spacial score (nSPS) is 12.4. The van der Waals surface area contributed by atoms with Crippen LogP contribution in [-0.2, 0) is 6.54 Å². The number of rotatable bonds is 5. The van der Waals surface area contributed by atoms with Crippen LogP contribution in [0.25, 0.3) is 0 Å². The number of hydrogen-bond acceptors (Lipinski definition) is 3. The van der Waals surface area contributed by atoms with Crippen molar-refractivity contribution in [3.05, 3.63) is 47.9 Å². The van der Waals surface area contributed by atoms with Crippen LogP contribution in [0.1, 0.15) is 30.5 Å². The molecule has 0 saturated heterocycles. The van der Waals surface area contributed by atoms with Crippen molar-refractivity contribution in [1.82, 2.24) is 9.55 Å². The van der Waals surface area contributed by atoms with Crippen LogP contribution in [0.5, 0.6) is 5.88 Å². The summed E-state index contributed by atoms with van der Waals surface area (Å²) in [6.45, 7) is 2.83. The number of nitrogens with two attached hydrogens (primary N) is 1. The van der Waals surface area contributed by atoms with Crippen molar-refractivity contribution in [2.24, 2.45) is 5.73 Å². The van der Waals surface area contributed by atoms with E-state index >= 15 is 0 Å². The van der Waals surface area contributed by atoms with Crippen LogP contribution >= 0.6 is 0 Å². The first-order chi connectivity index (χ1) is 8.74. The lowest BCUT2D eigenvalue weighted by atomic mass is 10.1. The van der Waals surface area contributed by atoms with Crippen molar-refractivity contribution in [3.8, 4) is 5.88 Å². The van der Waals surface area contributed by atoms with Gasteiger partial charge in [0.2, 0.25) is 5.88 Å². The molecule has 0 saturated carbocycles. The molecule has 1 unspecified atom stereocenters. The van der Waals surface area contributed by atoms with Gasteiger partial charge in [0.25, 0.3) is 0 Å². The molecule has 1 atom stereocenters. The van der Waals surface area contributed by atoms with Gasteiger partial charge in [0.05, 0.1) is 13.7 Å². The van der Waals surface area contributed by atoms with Gasteiger partial charge >= 0.3 is 0 Å². The quantitative estimate of drug-likeness (QED) is 0.879. The topological polar surface area (TPSA) is 53.1 Å². The lowest BCUT2D eigenvalue weighted by molar-refractivity contribution is 0.391. The standard InChI is InChI=1S/C14H19N3O/c1-3-13(15)11-6-8-17(9-11)10-12-5-4-7-16-14(12)18-2/h4-9,13H,3,10,15H2,1-2H3. The predicted octanol–water partition coefficient (Wildman–Crippen LogP) is 2.35. The van der Waals surface area contributed by atoms with Crippen LogP contribution < -0.4 is 10.5 Å². The molecule has 2 heterocycles. The maximum atomic E-state index is 6.01. The van der Waals surface area contributed by atoms with Gasteiger partial charge in [-0.15, -0.1) is 0 Å². The molecule has 0 aliphatic carbocycles. The first-order valence-electron chi connectivity index (χ1n) is 6.13. The second-order valence-corrected chi connectivity index (χ2v) is 4.30. The fourth-order valence-corrected chi connectivity index (χ4v) is 1.94. The Labute approximate surface area is 107 Å². The third kappa shape index (κ3) is 2.71. The predicted molar refractivity (Wildman–Crippen MR) is 71.5 cm³/mol. The van der Waals surface area contributed by atoms with E-state index in [9.17, 15) is 0 Å². The second-order valence-electron chi connectivity index (χ2n) is 4.30. The molecule has 18 heavy (non-hydrogen) atoms. The van der Waals surface area contributed by atoms with Gasteiger partial charge in [0.1, 0.15) is 0 Å². The molecule has 0 aliphatic heterocycles. The van der Waals surface area contributed by atoms with Crippen LogP contribution in [0.15, 0.2) is 36.8 Å². The van der Waals surface area contributed by atoms with E-state index in [1.807, 2.05) is 18.3 Å². The summed E-state index contributed by atoms with van der Waals surface area (Å²) in [5.41, 5.74) is 8.24. The molecule has 0 spiro atoms. The zero-order valence-electron chi connectivity index (χ0n) is 10.8. The van der Waals surface area contributed by atoms with Crippen LogP contribution in [-0.4, -0.2) is 16.7 Å². The molecule has 4 nitrogen and oxygen atoms in total. The first-order valence-corrected chi connectivity index (χ1v) is 6.13. The van der Waals surface area contributed by atoms with Gasteiger partial charge in [-0.3, -0.25) is 0 Å². The zero-order chi connectivity index (χ0) is 13.0. The molecule has 0 radical (unpaired) electrons. The van der Waals surface area contributed by atoms with Gasteiger partial charge in [-0.1, -0.05) is 13.0 Å². The molecule has 2 N–H and O–H groups in total. The van der Waals surface area contributed by atoms with Gasteiger partial charge < -0.3 is 15.0 Å². The molecule has 4 heteroatoms. The van der Waals surface area contributed by atoms with Crippen LogP contribution in [0.2, 0.25) is 0 Å². The van der Waals surface area contributed by atoms with Crippen LogP contribution in [0.4, 0.5) is 0 Å². The van der Waals surface area contributed by atoms with Gasteiger partial charge in [0.15, 0.2) is 0 Å². The first kappa shape index (κ1) is 12.6. The highest BCUT2D eigenvalue weighted by atomic mass is 16.5. The van der Waals surface area contributed by atoms with E-state index in [4.69, 9.17) is 10.5 Å². The Hall–Kier alpha value is -1.81. The van der Waals surface area contributed by atoms with E-state index < -0.39 is 0 Å². The average molecular weight is 245 g/mol. The van der Waals surface area contributed by atoms with Crippen LogP contribution in [0, 0.1) is 0 Å². The fraction of sp³-hybridized carbons (Fsp3) is 0.357. The minimum Gasteiger partial charge on any atom is -0.481 e. The maximum absolute atomic E-state index is 6.01. The summed E-state index contributed by atoms with van der Waals surface area (Å²) in [6.07, 6.45) is 6.80. The number of nitrogens with zero attached hydrogens (tertiary/aromatic N) is 2. The lowest BCUT2D eigenvalue weighted by Gasteiger charge is -2.08. The molecule has 2 aromatic heterocycles. The van der Waals surface area contributed by atoms with Crippen molar-refractivity contribution in [2.45, 2.75) is 25.9 Å². The van der Waals surface area contributed by atoms with Gasteiger partial charge in [0, 0.05) is 30.2 Å². The Kier molecular flexibility index (Phi) is 3.99. The van der Waals surface area contributed by atoms with E-state index in [0.29, 0.717) is 5.88 Å². The lowest BCUT2D eigenvalue weighted by Crippen LogP contribution is -2.07. The highest BCUT2D eigenvalue weighted by Gasteiger charge is 2.07. The Morgan fingerprint density at radius 2 is 2.28 bits per heavy atom. The van der Waals surface area contributed by atoms with Gasteiger partial charge in [-0.05, 0) is 24.1 Å². The number of pyridine rings is 1. The average Bonchev–Trinajstić information content (AvgIpc) is 2.87. The summed E-state index contributed by atoms with van der Waals surface area (Å²) in [6, 6.07) is 6.12. The molecule has 2 aromatic rings. The summed E-state index contributed by atoms with van der Waals surface area (Å²) in [5.74, 6) is 0.674. The summed E-state index contributed by atoms with van der Waals surface area (Å²) in [7, 11) is 1.64. The molecule has 0 aliphatic rings. The van der Waals surface area contributed by atoms with E-state index in [1.165, 1.54) is 5.56 Å². The Morgan fingerprint density at radius 1 is 1.44 bits per heavy atom. The van der Waals surface area contributed by atoms with Crippen molar-refractivity contribution in [2.75, 3.05) is 7.11 Å². The monoisotopic (exact) mass is 245 g/mol. The van der Waals surface area contributed by atoms with E-state index in [0.717, 1.165) is 18.5 Å². The third-order valence-corrected chi connectivity index (χ3v) is 3.04. The van der Waals surface area contributed by atoms with Crippen LogP contribution in [0.3, 0.4) is 0 Å². The second kappa shape index (κ2) is 5.69. The van der Waals surface area contributed by atoms with Crippen molar-refractivity contribution in [1.29, 1.82) is 0 Å². The minimum atomic E-state index is 0.113. The smallest absolute Gasteiger partial charge is 0.218 e. The Bertz CT molecular complexity index is 507. The summed E-state index contributed by atoms with van der Waals surface area (Å²) >= 11 is 0. The van der Waals surface area contributed by atoms with Gasteiger partial charge in [-0.2, -0.15) is 0 Å². The Morgan fingerprint density at radius 3 is 3.00 bits per heavy atom. The minimum absolute atomic E-state index is 0.113.